The van der Waals surface area contributed by atoms with Crippen molar-refractivity contribution in [2.45, 2.75) is 25.8 Å². The molecule has 1 saturated heterocycles. The molecular weight excluding hydrogens is 374 g/mol. The fourth-order valence-corrected chi connectivity index (χ4v) is 4.76. The maximum atomic E-state index is 12.5. The molecule has 0 bridgehead atoms. The van der Waals surface area contributed by atoms with E-state index in [0.29, 0.717) is 30.9 Å². The van der Waals surface area contributed by atoms with Crippen LogP contribution in [0.5, 0.6) is 11.5 Å². The smallest absolute Gasteiger partial charge is 0.338 e. The zero-order valence-corrected chi connectivity index (χ0v) is 16.6. The van der Waals surface area contributed by atoms with Crippen molar-refractivity contribution in [3.8, 4) is 11.5 Å². The molecule has 0 saturated carbocycles. The molecule has 0 radical (unpaired) electrons. The maximum Gasteiger partial charge on any atom is 0.338 e. The summed E-state index contributed by atoms with van der Waals surface area (Å²) in [5, 5.41) is 0. The molecule has 9 heteroatoms. The number of carbonyl (C=O) groups is 2. The lowest BCUT2D eigenvalue weighted by Gasteiger charge is -2.27. The molecule has 1 aliphatic rings. The Morgan fingerprint density at radius 3 is 2.44 bits per heavy atom. The minimum Gasteiger partial charge on any atom is -0.493 e. The predicted octanol–water partition coefficient (Wildman–Crippen LogP) is 1.29. The van der Waals surface area contributed by atoms with Crippen LogP contribution in [0.3, 0.4) is 0 Å². The summed E-state index contributed by atoms with van der Waals surface area (Å²) in [6.07, 6.45) is 1.10. The third-order valence-corrected chi connectivity index (χ3v) is 6.13. The predicted molar refractivity (Wildman–Crippen MR) is 98.9 cm³/mol. The van der Waals surface area contributed by atoms with E-state index in [-0.39, 0.29) is 23.1 Å². The normalized spacial score (nSPS) is 18.0. The third-order valence-electron chi connectivity index (χ3n) is 4.38. The van der Waals surface area contributed by atoms with E-state index in [1.54, 1.807) is 6.07 Å². The lowest BCUT2D eigenvalue weighted by Crippen LogP contribution is -2.43. The Balaban J connectivity index is 2.01. The summed E-state index contributed by atoms with van der Waals surface area (Å²) in [6.45, 7) is 1.88. The summed E-state index contributed by atoms with van der Waals surface area (Å²) in [6, 6.07) is 4.20. The van der Waals surface area contributed by atoms with Gasteiger partial charge in [-0.1, -0.05) is 6.92 Å². The van der Waals surface area contributed by atoms with Gasteiger partial charge in [-0.25, -0.2) is 13.2 Å². The second-order valence-corrected chi connectivity index (χ2v) is 8.52. The van der Waals surface area contributed by atoms with E-state index in [2.05, 4.69) is 0 Å². The number of nitrogens with zero attached hydrogens (tertiary/aromatic N) is 1. The van der Waals surface area contributed by atoms with Crippen LogP contribution in [-0.4, -0.2) is 70.1 Å². The molecule has 0 unspecified atom stereocenters. The van der Waals surface area contributed by atoms with Crippen molar-refractivity contribution in [2.75, 3.05) is 38.9 Å². The summed E-state index contributed by atoms with van der Waals surface area (Å²) in [5.41, 5.74) is 0.228. The van der Waals surface area contributed by atoms with Gasteiger partial charge in [0.15, 0.2) is 27.9 Å². The minimum absolute atomic E-state index is 0.0393. The van der Waals surface area contributed by atoms with Gasteiger partial charge in [-0.2, -0.15) is 0 Å². The van der Waals surface area contributed by atoms with Crippen molar-refractivity contribution >= 4 is 21.7 Å². The first-order valence-corrected chi connectivity index (χ1v) is 10.5. The zero-order chi connectivity index (χ0) is 20.0. The topological polar surface area (TPSA) is 99.2 Å². The van der Waals surface area contributed by atoms with Crippen molar-refractivity contribution in [2.24, 2.45) is 0 Å². The standard InChI is InChI=1S/C18H25NO7S/c1-4-8-19(14-7-9-27(22,23)12-14)17(20)11-26-18(21)13-5-6-15(24-2)16(10-13)25-3/h5-6,10,14H,4,7-9,11-12H2,1-3H3/t14-/m0/s1. The molecule has 0 aromatic heterocycles. The number of hydrogen-bond donors (Lipinski definition) is 0. The number of hydrogen-bond acceptors (Lipinski definition) is 7. The number of amides is 1. The monoisotopic (exact) mass is 399 g/mol. The highest BCUT2D eigenvalue weighted by Crippen LogP contribution is 2.27. The molecule has 1 amide bonds. The van der Waals surface area contributed by atoms with Gasteiger partial charge in [-0.3, -0.25) is 4.79 Å². The average Bonchev–Trinajstić information content (AvgIpc) is 3.02. The number of esters is 1. The second kappa shape index (κ2) is 9.07. The number of rotatable bonds is 8. The lowest BCUT2D eigenvalue weighted by molar-refractivity contribution is -0.136. The van der Waals surface area contributed by atoms with Gasteiger partial charge >= 0.3 is 5.97 Å². The zero-order valence-electron chi connectivity index (χ0n) is 15.8. The Morgan fingerprint density at radius 1 is 1.19 bits per heavy atom. The second-order valence-electron chi connectivity index (χ2n) is 6.29. The summed E-state index contributed by atoms with van der Waals surface area (Å²) in [7, 11) is -0.169. The first-order valence-electron chi connectivity index (χ1n) is 8.70. The Kier molecular flexibility index (Phi) is 7.06. The van der Waals surface area contributed by atoms with Gasteiger partial charge in [0.05, 0.1) is 31.3 Å². The van der Waals surface area contributed by atoms with Crippen LogP contribution in [0.2, 0.25) is 0 Å². The van der Waals surface area contributed by atoms with Crippen molar-refractivity contribution < 1.29 is 32.2 Å². The van der Waals surface area contributed by atoms with Crippen LogP contribution in [-0.2, 0) is 19.4 Å². The molecule has 27 heavy (non-hydrogen) atoms. The molecule has 150 valence electrons. The van der Waals surface area contributed by atoms with Gasteiger partial charge in [-0.15, -0.1) is 0 Å². The third kappa shape index (κ3) is 5.35. The summed E-state index contributed by atoms with van der Waals surface area (Å²) in [4.78, 5) is 26.2. The highest BCUT2D eigenvalue weighted by atomic mass is 32.2. The number of sulfone groups is 1. The summed E-state index contributed by atoms with van der Waals surface area (Å²) in [5.74, 6) is -0.171. The van der Waals surface area contributed by atoms with Crippen LogP contribution in [0, 0.1) is 0 Å². The Hall–Kier alpha value is -2.29. The average molecular weight is 399 g/mol. The van der Waals surface area contributed by atoms with E-state index in [4.69, 9.17) is 14.2 Å². The number of ether oxygens (including phenoxy) is 3. The van der Waals surface area contributed by atoms with Gasteiger partial charge in [0, 0.05) is 12.6 Å². The van der Waals surface area contributed by atoms with Crippen molar-refractivity contribution in [3.05, 3.63) is 23.8 Å². The molecular formula is C18H25NO7S. The van der Waals surface area contributed by atoms with Gasteiger partial charge in [0.1, 0.15) is 0 Å². The highest BCUT2D eigenvalue weighted by Gasteiger charge is 2.34. The van der Waals surface area contributed by atoms with Crippen molar-refractivity contribution in [3.63, 3.8) is 0 Å². The maximum absolute atomic E-state index is 12.5. The molecule has 1 atom stereocenters. The van der Waals surface area contributed by atoms with Crippen molar-refractivity contribution in [1.29, 1.82) is 0 Å². The van der Waals surface area contributed by atoms with Crippen LogP contribution in [0.15, 0.2) is 18.2 Å². The SMILES string of the molecule is CCCN(C(=O)COC(=O)c1ccc(OC)c(OC)c1)[C@H]1CCS(=O)(=O)C1. The Labute approximate surface area is 159 Å². The fourth-order valence-electron chi connectivity index (χ4n) is 3.03. The molecule has 0 N–H and O–H groups in total. The largest absolute Gasteiger partial charge is 0.493 e. The van der Waals surface area contributed by atoms with Gasteiger partial charge in [-0.05, 0) is 31.0 Å². The van der Waals surface area contributed by atoms with E-state index in [1.807, 2.05) is 6.92 Å². The quantitative estimate of drug-likeness (QED) is 0.607. The molecule has 1 heterocycles. The molecule has 1 fully saturated rings. The van der Waals surface area contributed by atoms with Crippen LogP contribution < -0.4 is 9.47 Å². The fraction of sp³-hybridized carbons (Fsp3) is 0.556. The molecule has 1 aliphatic heterocycles. The molecule has 8 nitrogen and oxygen atoms in total. The number of benzene rings is 1. The van der Waals surface area contributed by atoms with Crippen LogP contribution in [0.1, 0.15) is 30.1 Å². The summed E-state index contributed by atoms with van der Waals surface area (Å²) < 4.78 is 38.8. The van der Waals surface area contributed by atoms with Crippen LogP contribution in [0.25, 0.3) is 0 Å². The molecule has 1 aromatic carbocycles. The molecule has 2 rings (SSSR count). The summed E-state index contributed by atoms with van der Waals surface area (Å²) >= 11 is 0. The minimum atomic E-state index is -3.11. The van der Waals surface area contributed by atoms with Gasteiger partial charge < -0.3 is 19.1 Å². The lowest BCUT2D eigenvalue weighted by atomic mass is 10.2. The van der Waals surface area contributed by atoms with Crippen LogP contribution in [0.4, 0.5) is 0 Å². The first-order chi connectivity index (χ1) is 12.8. The van der Waals surface area contributed by atoms with E-state index >= 15 is 0 Å². The Bertz CT molecular complexity index is 791. The molecule has 1 aromatic rings. The highest BCUT2D eigenvalue weighted by molar-refractivity contribution is 7.91. The van der Waals surface area contributed by atoms with Crippen LogP contribution >= 0.6 is 0 Å². The van der Waals surface area contributed by atoms with Crippen molar-refractivity contribution in [1.82, 2.24) is 4.90 Å². The van der Waals surface area contributed by atoms with E-state index in [9.17, 15) is 18.0 Å². The first kappa shape index (κ1) is 21.0. The molecule has 0 spiro atoms. The van der Waals surface area contributed by atoms with E-state index in [0.717, 1.165) is 0 Å². The number of carbonyl (C=O) groups excluding carboxylic acids is 2. The number of methoxy groups -OCH3 is 2. The Morgan fingerprint density at radius 2 is 1.89 bits per heavy atom. The van der Waals surface area contributed by atoms with E-state index in [1.165, 1.54) is 31.3 Å². The molecule has 0 aliphatic carbocycles. The van der Waals surface area contributed by atoms with Gasteiger partial charge in [0.25, 0.3) is 5.91 Å². The van der Waals surface area contributed by atoms with E-state index < -0.39 is 28.3 Å². The van der Waals surface area contributed by atoms with Gasteiger partial charge in [0.2, 0.25) is 0 Å².